The van der Waals surface area contributed by atoms with E-state index in [9.17, 15) is 0 Å². The molecular formula is C60H38B2N2O4. The number of para-hydroxylation sites is 2. The molecule has 318 valence electrons. The van der Waals surface area contributed by atoms with Crippen LogP contribution in [0.15, 0.2) is 158 Å². The van der Waals surface area contributed by atoms with Crippen molar-refractivity contribution < 1.29 is 18.9 Å². The quantitative estimate of drug-likeness (QED) is 0.161. The van der Waals surface area contributed by atoms with Crippen LogP contribution in [0, 0.1) is 0 Å². The largest absolute Gasteiger partial charge is 0.458 e. The highest BCUT2D eigenvalue weighted by atomic mass is 16.5. The lowest BCUT2D eigenvalue weighted by atomic mass is 9.30. The van der Waals surface area contributed by atoms with Crippen LogP contribution in [0.1, 0.15) is 49.9 Å². The number of rotatable bonds is 2. The lowest BCUT2D eigenvalue weighted by Gasteiger charge is -2.49. The van der Waals surface area contributed by atoms with Crippen molar-refractivity contribution >= 4 is 80.3 Å². The summed E-state index contributed by atoms with van der Waals surface area (Å²) in [5, 5.41) is 0. The van der Waals surface area contributed by atoms with E-state index in [1.54, 1.807) is 0 Å². The van der Waals surface area contributed by atoms with Gasteiger partial charge in [0, 0.05) is 66.6 Å². The van der Waals surface area contributed by atoms with Crippen LogP contribution in [-0.4, -0.2) is 13.4 Å². The molecule has 9 aromatic carbocycles. The summed E-state index contributed by atoms with van der Waals surface area (Å²) in [6, 6.07) is 57.0. The predicted octanol–water partition coefficient (Wildman–Crippen LogP) is 11.3. The molecule has 6 nitrogen and oxygen atoms in total. The van der Waals surface area contributed by atoms with Gasteiger partial charge in [-0.1, -0.05) is 125 Å². The van der Waals surface area contributed by atoms with Crippen molar-refractivity contribution in [3.8, 4) is 68.2 Å². The van der Waals surface area contributed by atoms with Crippen molar-refractivity contribution in [3.05, 3.63) is 180 Å². The van der Waals surface area contributed by atoms with Gasteiger partial charge in [0.25, 0.3) is 13.4 Å². The van der Waals surface area contributed by atoms with Crippen molar-refractivity contribution in [2.45, 2.75) is 38.5 Å². The Kier molecular flexibility index (Phi) is 6.21. The van der Waals surface area contributed by atoms with Crippen LogP contribution in [-0.2, 0) is 10.8 Å². The van der Waals surface area contributed by atoms with E-state index >= 15 is 0 Å². The zero-order chi connectivity index (χ0) is 44.7. The van der Waals surface area contributed by atoms with Gasteiger partial charge >= 0.3 is 0 Å². The van der Waals surface area contributed by atoms with E-state index in [0.29, 0.717) is 0 Å². The van der Waals surface area contributed by atoms with Crippen molar-refractivity contribution in [1.82, 2.24) is 0 Å². The van der Waals surface area contributed by atoms with E-state index in [4.69, 9.17) is 18.9 Å². The van der Waals surface area contributed by atoms with Crippen molar-refractivity contribution in [3.63, 3.8) is 0 Å². The molecule has 0 saturated heterocycles. The molecule has 2 aliphatic carbocycles. The molecule has 6 aliphatic heterocycles. The monoisotopic (exact) mass is 872 g/mol. The smallest absolute Gasteiger partial charge is 0.266 e. The van der Waals surface area contributed by atoms with Gasteiger partial charge < -0.3 is 28.7 Å². The van der Waals surface area contributed by atoms with E-state index in [-0.39, 0.29) is 24.3 Å². The molecule has 8 aliphatic rings. The first-order valence-electron chi connectivity index (χ1n) is 23.8. The topological polar surface area (TPSA) is 43.4 Å². The summed E-state index contributed by atoms with van der Waals surface area (Å²) in [5.41, 5.74) is 22.1. The summed E-state index contributed by atoms with van der Waals surface area (Å²) in [6.07, 6.45) is 0. The van der Waals surface area contributed by atoms with Gasteiger partial charge in [0.05, 0.1) is 11.4 Å². The van der Waals surface area contributed by atoms with Crippen LogP contribution < -0.4 is 61.5 Å². The highest BCUT2D eigenvalue weighted by molar-refractivity contribution is 7.03. The molecule has 0 amide bonds. The van der Waals surface area contributed by atoms with Crippen LogP contribution in [0.5, 0.6) is 46.0 Å². The molecule has 0 spiro atoms. The van der Waals surface area contributed by atoms with Gasteiger partial charge in [0.15, 0.2) is 0 Å². The van der Waals surface area contributed by atoms with Crippen molar-refractivity contribution in [2.75, 3.05) is 9.80 Å². The number of nitrogens with zero attached hydrogens (tertiary/aromatic N) is 2. The molecule has 0 fully saturated rings. The van der Waals surface area contributed by atoms with Crippen LogP contribution >= 0.6 is 0 Å². The third-order valence-corrected chi connectivity index (χ3v) is 16.6. The van der Waals surface area contributed by atoms with Gasteiger partial charge in [0.2, 0.25) is 0 Å². The summed E-state index contributed by atoms with van der Waals surface area (Å²) >= 11 is 0. The van der Waals surface area contributed by atoms with Crippen LogP contribution in [0.4, 0.5) is 34.1 Å². The molecule has 0 N–H and O–H groups in total. The van der Waals surface area contributed by atoms with Gasteiger partial charge in [-0.05, 0) is 105 Å². The zero-order valence-corrected chi connectivity index (χ0v) is 37.7. The minimum Gasteiger partial charge on any atom is -0.458 e. The number of hydrogen-bond donors (Lipinski definition) is 0. The van der Waals surface area contributed by atoms with E-state index in [1.807, 2.05) is 0 Å². The molecule has 0 atom stereocenters. The zero-order valence-electron chi connectivity index (χ0n) is 37.7. The summed E-state index contributed by atoms with van der Waals surface area (Å²) in [4.78, 5) is 4.92. The van der Waals surface area contributed by atoms with Crippen LogP contribution in [0.25, 0.3) is 22.3 Å². The maximum Gasteiger partial charge on any atom is 0.266 e. The van der Waals surface area contributed by atoms with E-state index in [0.717, 1.165) is 113 Å². The Morgan fingerprint density at radius 1 is 0.353 bits per heavy atom. The van der Waals surface area contributed by atoms with E-state index in [1.165, 1.54) is 44.5 Å². The standard InChI is InChI=1S/C60H38B2N2O4/c1-59(2)37-23-13-11-21-33(37)35-29-39-47-55(45(35)59)65-41-25-15-27-43-49(41)61(47)51-53(63(39)31-17-7-5-8-18-31)58-52-54(57(51)67-43)64(32-19-9-6-10-20-32)40-30-36-34-22-12-14-24-38(34)60(3,4)46(36)56-48(40)62(52)50-42(66-56)26-16-28-44(50)68-58/h5-30H,1-4H3. The van der Waals surface area contributed by atoms with Gasteiger partial charge in [0.1, 0.15) is 46.0 Å². The lowest BCUT2D eigenvalue weighted by Crippen LogP contribution is -2.66. The number of ether oxygens (including phenoxy) is 4. The van der Waals surface area contributed by atoms with E-state index in [2.05, 4.69) is 195 Å². The maximum absolute atomic E-state index is 7.63. The van der Waals surface area contributed by atoms with Crippen molar-refractivity contribution in [2.24, 2.45) is 0 Å². The summed E-state index contributed by atoms with van der Waals surface area (Å²) in [5.74, 6) is 6.82. The molecule has 0 aromatic heterocycles. The second-order valence-corrected chi connectivity index (χ2v) is 20.6. The van der Waals surface area contributed by atoms with Gasteiger partial charge in [-0.15, -0.1) is 0 Å². The summed E-state index contributed by atoms with van der Waals surface area (Å²) < 4.78 is 30.0. The van der Waals surface area contributed by atoms with Crippen LogP contribution in [0.3, 0.4) is 0 Å². The summed E-state index contributed by atoms with van der Waals surface area (Å²) in [6.45, 7) is 8.96. The average Bonchev–Trinajstić information content (AvgIpc) is 3.74. The van der Waals surface area contributed by atoms with E-state index < -0.39 is 0 Å². The normalized spacial score (nSPS) is 16.5. The Labute approximate surface area is 394 Å². The number of benzene rings is 9. The second kappa shape index (κ2) is 11.7. The SMILES string of the molecule is CC1(C)c2ccccc2-c2cc3c4c(c21)Oc1cccc2c1B4c1c(c4c5c(c1N3c1ccccc1)Oc1cccc3c1B5c1c(cc5c(c1O3)C(C)(C)c1ccccc1-5)N4c1ccccc1)O2. The van der Waals surface area contributed by atoms with Gasteiger partial charge in [-0.3, -0.25) is 0 Å². The van der Waals surface area contributed by atoms with Crippen molar-refractivity contribution in [1.29, 1.82) is 0 Å². The third-order valence-electron chi connectivity index (χ3n) is 16.6. The maximum atomic E-state index is 7.63. The Bertz CT molecular complexity index is 3650. The molecule has 9 aromatic rings. The Balaban J connectivity index is 1.07. The number of hydrogen-bond acceptors (Lipinski definition) is 6. The van der Waals surface area contributed by atoms with Gasteiger partial charge in [-0.25, -0.2) is 0 Å². The summed E-state index contributed by atoms with van der Waals surface area (Å²) in [7, 11) is 0. The highest BCUT2D eigenvalue weighted by Gasteiger charge is 2.58. The molecule has 68 heavy (non-hydrogen) atoms. The fourth-order valence-corrected chi connectivity index (χ4v) is 14.0. The van der Waals surface area contributed by atoms with Crippen LogP contribution in [0.2, 0.25) is 0 Å². The molecule has 0 bridgehead atoms. The lowest BCUT2D eigenvalue weighted by molar-refractivity contribution is 0.449. The molecular weight excluding hydrogens is 834 g/mol. The van der Waals surface area contributed by atoms with Gasteiger partial charge in [-0.2, -0.15) is 0 Å². The minimum atomic E-state index is -0.314. The number of anilines is 6. The highest BCUT2D eigenvalue weighted by Crippen LogP contribution is 2.62. The first kappa shape index (κ1) is 36.1. The second-order valence-electron chi connectivity index (χ2n) is 20.6. The Hall–Kier alpha value is -8.09. The molecule has 6 heterocycles. The fourth-order valence-electron chi connectivity index (χ4n) is 14.0. The average molecular weight is 873 g/mol. The first-order chi connectivity index (χ1) is 33.3. The molecule has 17 rings (SSSR count). The fraction of sp³-hybridized carbons (Fsp3) is 0.100. The molecule has 0 saturated carbocycles. The first-order valence-corrected chi connectivity index (χ1v) is 23.8. The number of fused-ring (bicyclic) bond motifs is 10. The predicted molar refractivity (Wildman–Crippen MR) is 273 cm³/mol. The Morgan fingerprint density at radius 2 is 0.721 bits per heavy atom. The molecule has 8 heteroatoms. The minimum absolute atomic E-state index is 0.224. The molecule has 0 radical (unpaired) electrons. The Morgan fingerprint density at radius 3 is 1.13 bits per heavy atom. The third kappa shape index (κ3) is 3.95. The molecule has 0 unspecified atom stereocenters.